The van der Waals surface area contributed by atoms with Crippen molar-refractivity contribution in [3.63, 3.8) is 0 Å². The smallest absolute Gasteiger partial charge is 0.191 e. The van der Waals surface area contributed by atoms with Crippen LogP contribution in [0.15, 0.2) is 4.99 Å². The summed E-state index contributed by atoms with van der Waals surface area (Å²) in [6, 6.07) is 0. The lowest BCUT2D eigenvalue weighted by molar-refractivity contribution is 0.0893. The van der Waals surface area contributed by atoms with Gasteiger partial charge >= 0.3 is 0 Å². The third-order valence-electron chi connectivity index (χ3n) is 4.03. The molecule has 1 aliphatic heterocycles. The fourth-order valence-corrected chi connectivity index (χ4v) is 2.44. The van der Waals surface area contributed by atoms with Crippen LogP contribution < -0.4 is 10.6 Å². The Morgan fingerprint density at radius 1 is 1.08 bits per heavy atom. The highest BCUT2D eigenvalue weighted by molar-refractivity contribution is 14.0. The lowest BCUT2D eigenvalue weighted by Crippen LogP contribution is -2.39. The maximum absolute atomic E-state index is 5.69. The summed E-state index contributed by atoms with van der Waals surface area (Å²) in [6.07, 6.45) is 4.76. The second kappa shape index (κ2) is 14.1. The van der Waals surface area contributed by atoms with E-state index in [4.69, 9.17) is 14.2 Å². The molecule has 0 aromatic rings. The summed E-state index contributed by atoms with van der Waals surface area (Å²) in [5, 5.41) is 6.56. The maximum Gasteiger partial charge on any atom is 0.191 e. The van der Waals surface area contributed by atoms with Gasteiger partial charge in [-0.15, -0.1) is 24.0 Å². The van der Waals surface area contributed by atoms with Crippen molar-refractivity contribution in [1.29, 1.82) is 0 Å². The molecule has 0 bridgehead atoms. The third kappa shape index (κ3) is 10.7. The van der Waals surface area contributed by atoms with Crippen molar-refractivity contribution < 1.29 is 14.2 Å². The molecule has 2 aliphatic rings. The lowest BCUT2D eigenvalue weighted by Gasteiger charge is -2.12. The van der Waals surface area contributed by atoms with Crippen LogP contribution in [0.5, 0.6) is 0 Å². The van der Waals surface area contributed by atoms with Gasteiger partial charge in [-0.3, -0.25) is 4.99 Å². The first-order valence-electron chi connectivity index (χ1n) is 9.14. The number of ether oxygens (including phenoxy) is 3. The predicted octanol–water partition coefficient (Wildman–Crippen LogP) is 2.03. The van der Waals surface area contributed by atoms with E-state index in [2.05, 4.69) is 22.5 Å². The molecule has 6 nitrogen and oxygen atoms in total. The molecule has 0 aromatic heterocycles. The first kappa shape index (κ1) is 21.9. The zero-order valence-electron chi connectivity index (χ0n) is 14.9. The summed E-state index contributed by atoms with van der Waals surface area (Å²) in [5.41, 5.74) is 0. The van der Waals surface area contributed by atoms with Gasteiger partial charge in [-0.2, -0.15) is 0 Å². The summed E-state index contributed by atoms with van der Waals surface area (Å²) >= 11 is 0. The molecule has 7 heteroatoms. The first-order valence-corrected chi connectivity index (χ1v) is 9.14. The van der Waals surface area contributed by atoms with E-state index >= 15 is 0 Å². The Morgan fingerprint density at radius 2 is 1.88 bits per heavy atom. The number of nitrogens with zero attached hydrogens (tertiary/aromatic N) is 1. The predicted molar refractivity (Wildman–Crippen MR) is 107 cm³/mol. The van der Waals surface area contributed by atoms with Crippen LogP contribution in [0.4, 0.5) is 0 Å². The Kier molecular flexibility index (Phi) is 12.9. The Labute approximate surface area is 163 Å². The average Bonchev–Trinajstić information content (AvgIpc) is 3.23. The van der Waals surface area contributed by atoms with Crippen LogP contribution in [0.3, 0.4) is 0 Å². The molecule has 142 valence electrons. The second-order valence-corrected chi connectivity index (χ2v) is 6.36. The Balaban J connectivity index is 0.00000288. The van der Waals surface area contributed by atoms with Gasteiger partial charge in [-0.25, -0.2) is 0 Å². The molecule has 1 saturated heterocycles. The number of nitrogens with one attached hydrogen (secondary N) is 2. The topological polar surface area (TPSA) is 64.1 Å². The van der Waals surface area contributed by atoms with Crippen molar-refractivity contribution in [2.75, 3.05) is 59.3 Å². The molecule has 2 N–H and O–H groups in total. The van der Waals surface area contributed by atoms with Gasteiger partial charge in [-0.05, 0) is 38.5 Å². The Hall–Kier alpha value is -0.120. The van der Waals surface area contributed by atoms with Crippen LogP contribution in [-0.2, 0) is 14.2 Å². The van der Waals surface area contributed by atoms with Gasteiger partial charge in [0.1, 0.15) is 0 Å². The standard InChI is InChI=1S/C17H33N3O3.HI/c1-2-18-17(20-8-11-23-12-15-4-5-15)19-7-3-9-21-13-16-6-10-22-14-16;/h15-16H,2-14H2,1H3,(H2,18,19,20);1H. The zero-order valence-corrected chi connectivity index (χ0v) is 17.3. The van der Waals surface area contributed by atoms with E-state index in [0.717, 1.165) is 84.0 Å². The van der Waals surface area contributed by atoms with E-state index in [0.29, 0.717) is 5.92 Å². The van der Waals surface area contributed by atoms with Crippen LogP contribution in [0.25, 0.3) is 0 Å². The quantitative estimate of drug-likeness (QED) is 0.204. The number of rotatable bonds is 12. The fraction of sp³-hybridized carbons (Fsp3) is 0.941. The molecule has 1 aliphatic carbocycles. The maximum atomic E-state index is 5.69. The monoisotopic (exact) mass is 455 g/mol. The molecule has 2 rings (SSSR count). The highest BCUT2D eigenvalue weighted by Gasteiger charge is 2.20. The third-order valence-corrected chi connectivity index (χ3v) is 4.03. The molecule has 1 unspecified atom stereocenters. The molecule has 0 amide bonds. The lowest BCUT2D eigenvalue weighted by atomic mass is 10.1. The molecule has 0 aromatic carbocycles. The van der Waals surface area contributed by atoms with Gasteiger partial charge in [0.15, 0.2) is 5.96 Å². The fourth-order valence-electron chi connectivity index (χ4n) is 2.44. The zero-order chi connectivity index (χ0) is 16.2. The van der Waals surface area contributed by atoms with Crippen molar-refractivity contribution in [1.82, 2.24) is 10.6 Å². The molecule has 2 fully saturated rings. The van der Waals surface area contributed by atoms with Crippen LogP contribution >= 0.6 is 24.0 Å². The minimum Gasteiger partial charge on any atom is -0.381 e. The largest absolute Gasteiger partial charge is 0.381 e. The van der Waals surface area contributed by atoms with Crippen LogP contribution in [0.2, 0.25) is 0 Å². The SMILES string of the molecule is CCNC(=NCCCOCC1CCOC1)NCCOCC1CC1.I. The second-order valence-electron chi connectivity index (χ2n) is 6.36. The van der Waals surface area contributed by atoms with Crippen molar-refractivity contribution in [2.24, 2.45) is 16.8 Å². The highest BCUT2D eigenvalue weighted by Crippen LogP contribution is 2.28. The number of aliphatic imine (C=N–C) groups is 1. The van der Waals surface area contributed by atoms with Crippen molar-refractivity contribution in [2.45, 2.75) is 32.6 Å². The minimum absolute atomic E-state index is 0. The van der Waals surface area contributed by atoms with Crippen LogP contribution in [0, 0.1) is 11.8 Å². The van der Waals surface area contributed by atoms with Crippen molar-refractivity contribution in [3.05, 3.63) is 0 Å². The molecule has 1 atom stereocenters. The van der Waals surface area contributed by atoms with Crippen LogP contribution in [0.1, 0.15) is 32.6 Å². The number of hydrogen-bond acceptors (Lipinski definition) is 4. The summed E-state index contributed by atoms with van der Waals surface area (Å²) < 4.78 is 16.6. The van der Waals surface area contributed by atoms with Gasteiger partial charge in [-0.1, -0.05) is 0 Å². The van der Waals surface area contributed by atoms with Crippen molar-refractivity contribution >= 4 is 29.9 Å². The molecule has 0 radical (unpaired) electrons. The molecule has 24 heavy (non-hydrogen) atoms. The van der Waals surface area contributed by atoms with E-state index in [1.54, 1.807) is 0 Å². The normalized spacial score (nSPS) is 20.7. The van der Waals surface area contributed by atoms with Gasteiger partial charge in [0.25, 0.3) is 0 Å². The summed E-state index contributed by atoms with van der Waals surface area (Å²) in [7, 11) is 0. The number of guanidine groups is 1. The molecule has 0 spiro atoms. The van der Waals surface area contributed by atoms with Crippen molar-refractivity contribution in [3.8, 4) is 0 Å². The van der Waals surface area contributed by atoms with E-state index in [1.807, 2.05) is 0 Å². The van der Waals surface area contributed by atoms with Crippen LogP contribution in [-0.4, -0.2) is 65.2 Å². The van der Waals surface area contributed by atoms with E-state index < -0.39 is 0 Å². The first-order chi connectivity index (χ1) is 11.4. The van der Waals surface area contributed by atoms with Gasteiger partial charge < -0.3 is 24.8 Å². The summed E-state index contributed by atoms with van der Waals surface area (Å²) in [5.74, 6) is 2.28. The highest BCUT2D eigenvalue weighted by atomic mass is 127. The van der Waals surface area contributed by atoms with Gasteiger partial charge in [0.2, 0.25) is 0 Å². The summed E-state index contributed by atoms with van der Waals surface area (Å²) in [6.45, 7) is 9.52. The minimum atomic E-state index is 0. The van der Waals surface area contributed by atoms with Gasteiger partial charge in [0.05, 0.1) is 19.8 Å². The Morgan fingerprint density at radius 3 is 2.58 bits per heavy atom. The average molecular weight is 455 g/mol. The molecule has 1 heterocycles. The molecular weight excluding hydrogens is 421 g/mol. The molecular formula is C17H34IN3O3. The molecule has 1 saturated carbocycles. The number of hydrogen-bond donors (Lipinski definition) is 2. The summed E-state index contributed by atoms with van der Waals surface area (Å²) in [4.78, 5) is 4.56. The van der Waals surface area contributed by atoms with E-state index in [9.17, 15) is 0 Å². The van der Waals surface area contributed by atoms with Gasteiger partial charge in [0, 0.05) is 45.4 Å². The van der Waals surface area contributed by atoms with E-state index in [-0.39, 0.29) is 24.0 Å². The van der Waals surface area contributed by atoms with E-state index in [1.165, 1.54) is 12.8 Å². The number of halogens is 1. The Bertz CT molecular complexity index is 335.